The summed E-state index contributed by atoms with van der Waals surface area (Å²) in [6.45, 7) is 27.7. The van der Waals surface area contributed by atoms with Gasteiger partial charge < -0.3 is 0 Å². The molecule has 0 aromatic heterocycles. The molecule has 0 radical (unpaired) electrons. The molecule has 44 heavy (non-hydrogen) atoms. The Bertz CT molecular complexity index is 1110. The molecule has 2 nitrogen and oxygen atoms in total. The summed E-state index contributed by atoms with van der Waals surface area (Å²) in [5, 5.41) is 21.8. The van der Waals surface area contributed by atoms with Gasteiger partial charge in [0.15, 0.2) is 0 Å². The highest BCUT2D eigenvalue weighted by Crippen LogP contribution is 2.47. The lowest BCUT2D eigenvalue weighted by Crippen LogP contribution is -2.46. The molecule has 0 heterocycles. The Kier molecular flexibility index (Phi) is 17.8. The van der Waals surface area contributed by atoms with Crippen LogP contribution in [0, 0.1) is 22.7 Å². The van der Waals surface area contributed by atoms with Crippen LogP contribution in [0.5, 0.6) is 0 Å². The van der Waals surface area contributed by atoms with Gasteiger partial charge in [0, 0.05) is 31.7 Å². The third-order valence-corrected chi connectivity index (χ3v) is 25.3. The summed E-state index contributed by atoms with van der Waals surface area (Å²) in [6.07, 6.45) is 4.42. The first-order valence-corrected chi connectivity index (χ1v) is 22.7. The highest BCUT2D eigenvalue weighted by Gasteiger charge is 2.47. The maximum absolute atomic E-state index is 9.81. The minimum atomic E-state index is -1.81. The smallest absolute Gasteiger partial charge is 0.107 e. The van der Waals surface area contributed by atoms with E-state index in [1.807, 2.05) is 35.7 Å². The number of nitriles is 2. The van der Waals surface area contributed by atoms with Crippen molar-refractivity contribution in [1.82, 2.24) is 0 Å². The Labute approximate surface area is 281 Å². The fourth-order valence-electron chi connectivity index (χ4n) is 7.98. The normalized spacial score (nSPS) is 13.0. The fraction of sp³-hybridized carbons (Fsp3) is 0.526. The van der Waals surface area contributed by atoms with Gasteiger partial charge in [0.25, 0.3) is 0 Å². The Morgan fingerprint density at radius 2 is 0.773 bits per heavy atom. The molecule has 6 heteroatoms. The zero-order valence-corrected chi connectivity index (χ0v) is 33.2. The third-order valence-electron chi connectivity index (χ3n) is 9.47. The van der Waals surface area contributed by atoms with Crippen LogP contribution < -0.4 is 0 Å². The molecule has 0 saturated heterocycles. The van der Waals surface area contributed by atoms with Crippen LogP contribution in [0.4, 0.5) is 0 Å². The van der Waals surface area contributed by atoms with Crippen molar-refractivity contribution in [3.05, 3.63) is 83.2 Å². The topological polar surface area (TPSA) is 47.6 Å². The van der Waals surface area contributed by atoms with E-state index in [0.717, 1.165) is 21.9 Å². The highest BCUT2D eigenvalue weighted by atomic mass is 32.2. The number of rotatable bonds is 14. The van der Waals surface area contributed by atoms with Crippen LogP contribution >= 0.6 is 23.5 Å². The van der Waals surface area contributed by atoms with Crippen LogP contribution in [0.3, 0.4) is 0 Å². The summed E-state index contributed by atoms with van der Waals surface area (Å²) in [6, 6.07) is 26.0. The van der Waals surface area contributed by atoms with Gasteiger partial charge in [-0.3, -0.25) is 0 Å². The molecule has 2 rings (SSSR count). The molecule has 0 N–H and O–H groups in total. The van der Waals surface area contributed by atoms with Gasteiger partial charge in [-0.25, -0.2) is 0 Å². The first-order valence-electron chi connectivity index (χ1n) is 16.3. The zero-order valence-electron chi connectivity index (χ0n) is 29.5. The van der Waals surface area contributed by atoms with Crippen LogP contribution in [-0.2, 0) is 0 Å². The van der Waals surface area contributed by atoms with E-state index >= 15 is 0 Å². The summed E-state index contributed by atoms with van der Waals surface area (Å²) >= 11 is 3.62. The Morgan fingerprint density at radius 3 is 0.977 bits per heavy atom. The average Bonchev–Trinajstić information content (AvgIpc) is 2.96. The number of hydrogen-bond acceptors (Lipinski definition) is 4. The van der Waals surface area contributed by atoms with E-state index in [0.29, 0.717) is 33.2 Å². The van der Waals surface area contributed by atoms with Gasteiger partial charge in [-0.2, -0.15) is 10.5 Å². The molecule has 240 valence electrons. The van der Waals surface area contributed by atoms with Crippen molar-refractivity contribution in [3.63, 3.8) is 0 Å². The van der Waals surface area contributed by atoms with E-state index in [2.05, 4.69) is 156 Å². The molecule has 0 saturated carbocycles. The van der Waals surface area contributed by atoms with Gasteiger partial charge in [-0.15, -0.1) is 23.5 Å². The lowest BCUT2D eigenvalue weighted by Gasteiger charge is -2.42. The second-order valence-corrected chi connectivity index (χ2v) is 27.4. The van der Waals surface area contributed by atoms with Crippen molar-refractivity contribution >= 4 is 39.7 Å². The molecular formula is C38H58N2S2Si2. The molecule has 0 atom stereocenters. The first-order chi connectivity index (χ1) is 20.7. The van der Waals surface area contributed by atoms with E-state index in [1.54, 1.807) is 0 Å². The lowest BCUT2D eigenvalue weighted by molar-refractivity contribution is 0.827. The molecule has 2 aromatic carbocycles. The quantitative estimate of drug-likeness (QED) is 0.115. The minimum absolute atomic E-state index is 0.583. The monoisotopic (exact) mass is 662 g/mol. The molecule has 0 aliphatic heterocycles. The average molecular weight is 663 g/mol. The predicted molar refractivity (Wildman–Crippen MR) is 204 cm³/mol. The van der Waals surface area contributed by atoms with Gasteiger partial charge in [0.05, 0.1) is 12.1 Å². The van der Waals surface area contributed by atoms with Crippen LogP contribution in [0.15, 0.2) is 93.0 Å². The minimum Gasteiger partial charge on any atom is -0.193 e. The van der Waals surface area contributed by atoms with E-state index in [9.17, 15) is 10.5 Å². The largest absolute Gasteiger partial charge is 0.193 e. The van der Waals surface area contributed by atoms with Crippen LogP contribution in [0.1, 0.15) is 83.1 Å². The summed E-state index contributed by atoms with van der Waals surface area (Å²) in [7, 11) is -3.62. The van der Waals surface area contributed by atoms with Gasteiger partial charge in [-0.1, -0.05) is 132 Å². The maximum Gasteiger partial charge on any atom is 0.107 e. The van der Waals surface area contributed by atoms with Crippen molar-refractivity contribution in [2.75, 3.05) is 11.5 Å². The van der Waals surface area contributed by atoms with Crippen molar-refractivity contribution in [2.24, 2.45) is 0 Å². The van der Waals surface area contributed by atoms with Gasteiger partial charge in [0.1, 0.15) is 16.1 Å². The van der Waals surface area contributed by atoms with E-state index < -0.39 is 16.1 Å². The number of allylic oxidation sites excluding steroid dienone is 2. The molecule has 0 aliphatic rings. The second kappa shape index (κ2) is 19.5. The van der Waals surface area contributed by atoms with E-state index in [4.69, 9.17) is 0 Å². The molecule has 2 aromatic rings. The summed E-state index contributed by atoms with van der Waals surface area (Å²) in [4.78, 5) is 2.53. The van der Waals surface area contributed by atoms with Gasteiger partial charge in [-0.05, 0) is 57.5 Å². The summed E-state index contributed by atoms with van der Waals surface area (Å²) in [5.41, 5.74) is 3.50. The summed E-state index contributed by atoms with van der Waals surface area (Å²) in [5.74, 6) is 1.77. The van der Waals surface area contributed by atoms with E-state index in [-0.39, 0.29) is 0 Å². The van der Waals surface area contributed by atoms with Crippen LogP contribution in [0.2, 0.25) is 33.2 Å². The number of hydrogen-bond donors (Lipinski definition) is 0. The zero-order chi connectivity index (χ0) is 33.5. The second-order valence-electron chi connectivity index (χ2n) is 13.5. The molecule has 0 fully saturated rings. The predicted octanol–water partition coefficient (Wildman–Crippen LogP) is 12.9. The molecule has 0 amide bonds. The highest BCUT2D eigenvalue weighted by molar-refractivity contribution is 7.99. The van der Waals surface area contributed by atoms with Gasteiger partial charge in [0.2, 0.25) is 0 Å². The van der Waals surface area contributed by atoms with Crippen LogP contribution in [0.25, 0.3) is 0 Å². The first kappa shape index (κ1) is 40.1. The standard InChI is InChI=1S/2C19H29NSSi/c2*1-15(2)22(16(3)4,17(5)6)19(14-20)12-13-21-18-10-8-7-9-11-18/h2*7-12,15-17H,13H2,1-6H3/b2*19-12+. The number of benzene rings is 2. The number of nitrogens with zero attached hydrogens (tertiary/aromatic N) is 2. The van der Waals surface area contributed by atoms with Crippen molar-refractivity contribution < 1.29 is 0 Å². The van der Waals surface area contributed by atoms with Crippen molar-refractivity contribution in [1.29, 1.82) is 10.5 Å². The number of thioether (sulfide) groups is 2. The molecule has 0 aliphatic carbocycles. The Morgan fingerprint density at radius 1 is 0.523 bits per heavy atom. The van der Waals surface area contributed by atoms with E-state index in [1.165, 1.54) is 9.79 Å². The Balaban J connectivity index is 0.000000440. The summed E-state index contributed by atoms with van der Waals surface area (Å²) < 4.78 is 0. The SMILES string of the molecule is CC(C)[Si](/C(C#N)=C/CSc1ccccc1)(C(C)C)C(C)C.CC(C)[Si](/C(C#N)=C/CSc1ccccc1)(C(C)C)C(C)C. The molecule has 0 unspecified atom stereocenters. The Hall–Kier alpha value is -1.97. The molecular weight excluding hydrogens is 605 g/mol. The maximum atomic E-state index is 9.81. The fourth-order valence-corrected chi connectivity index (χ4v) is 22.9. The van der Waals surface area contributed by atoms with Gasteiger partial charge >= 0.3 is 0 Å². The third kappa shape index (κ3) is 10.0. The molecule has 0 spiro atoms. The van der Waals surface area contributed by atoms with Crippen LogP contribution in [-0.4, -0.2) is 27.7 Å². The molecule has 0 bridgehead atoms. The van der Waals surface area contributed by atoms with Crippen molar-refractivity contribution in [2.45, 2.75) is 126 Å². The lowest BCUT2D eigenvalue weighted by atomic mass is 10.4. The van der Waals surface area contributed by atoms with Crippen molar-refractivity contribution in [3.8, 4) is 12.1 Å².